The molecule has 25 heavy (non-hydrogen) atoms. The first kappa shape index (κ1) is 24.4. The summed E-state index contributed by atoms with van der Waals surface area (Å²) in [5, 5.41) is 3.88. The lowest BCUT2D eigenvalue weighted by Gasteiger charge is -2.32. The van der Waals surface area contributed by atoms with E-state index in [-0.39, 0.29) is 43.4 Å². The van der Waals surface area contributed by atoms with Crippen molar-refractivity contribution in [3.8, 4) is 0 Å². The lowest BCUT2D eigenvalue weighted by atomic mass is 9.97. The molecule has 7 nitrogen and oxygen atoms in total. The fourth-order valence-electron chi connectivity index (χ4n) is 2.31. The first-order valence-electron chi connectivity index (χ1n) is 8.87. The van der Waals surface area contributed by atoms with E-state index in [2.05, 4.69) is 10.6 Å². The number of hydrogen-bond acceptors (Lipinski definition) is 3. The minimum atomic E-state index is -4.57. The Morgan fingerprint density at radius 3 is 1.64 bits per heavy atom. The summed E-state index contributed by atoms with van der Waals surface area (Å²) < 4.78 is 12.0. The Balaban J connectivity index is 4.71. The van der Waals surface area contributed by atoms with E-state index in [1.54, 1.807) is 0 Å². The molecule has 0 heterocycles. The van der Waals surface area contributed by atoms with Crippen LogP contribution in [0.3, 0.4) is 0 Å². The molecule has 0 aliphatic rings. The van der Waals surface area contributed by atoms with Crippen LogP contribution in [0.1, 0.15) is 65.2 Å². The fourth-order valence-corrected chi connectivity index (χ4v) is 4.00. The van der Waals surface area contributed by atoms with Crippen molar-refractivity contribution in [2.45, 2.75) is 70.4 Å². The predicted octanol–water partition coefficient (Wildman–Crippen LogP) is 2.53. The number of rotatable bonds is 14. The van der Waals surface area contributed by atoms with Crippen LogP contribution in [-0.2, 0) is 14.2 Å². The van der Waals surface area contributed by atoms with Gasteiger partial charge in [0, 0.05) is 31.8 Å². The molecule has 2 amide bonds. The van der Waals surface area contributed by atoms with Gasteiger partial charge in [-0.25, -0.2) is 0 Å². The number of unbranched alkanes of at least 4 members (excludes halogenated alkanes) is 2. The SMILES string of the molecule is CCCCNC(=O)CCC(CCl)(CCC(=O)NCCCC)P(=O)(O)O. The van der Waals surface area contributed by atoms with E-state index in [1.165, 1.54) is 0 Å². The van der Waals surface area contributed by atoms with Gasteiger partial charge < -0.3 is 20.4 Å². The monoisotopic (exact) mass is 398 g/mol. The standard InChI is InChI=1S/C16H32ClN2O5P/c1-3-5-11-18-14(20)7-9-16(13-17,25(22,23)24)10-8-15(21)19-12-6-4-2/h3-13H2,1-2H3,(H,18,20)(H,19,21)(H2,22,23,24). The van der Waals surface area contributed by atoms with Crippen molar-refractivity contribution in [2.75, 3.05) is 19.0 Å². The van der Waals surface area contributed by atoms with Gasteiger partial charge in [-0.05, 0) is 25.7 Å². The van der Waals surface area contributed by atoms with Crippen LogP contribution < -0.4 is 10.6 Å². The highest BCUT2D eigenvalue weighted by molar-refractivity contribution is 7.53. The Morgan fingerprint density at radius 2 is 1.36 bits per heavy atom. The second kappa shape index (κ2) is 12.7. The quantitative estimate of drug-likeness (QED) is 0.204. The number of carbonyl (C=O) groups is 2. The molecule has 0 radical (unpaired) electrons. The van der Waals surface area contributed by atoms with E-state index < -0.39 is 12.8 Å². The Labute approximate surface area is 155 Å². The summed E-state index contributed by atoms with van der Waals surface area (Å²) in [6, 6.07) is 0. The third kappa shape index (κ3) is 9.59. The molecule has 0 aromatic heterocycles. The average Bonchev–Trinajstić information content (AvgIpc) is 2.54. The maximum Gasteiger partial charge on any atom is 0.332 e. The Hall–Kier alpha value is -0.620. The third-order valence-corrected chi connectivity index (χ3v) is 6.75. The van der Waals surface area contributed by atoms with Gasteiger partial charge in [0.2, 0.25) is 11.8 Å². The van der Waals surface area contributed by atoms with Gasteiger partial charge in [-0.15, -0.1) is 11.6 Å². The second-order valence-electron chi connectivity index (χ2n) is 6.31. The molecule has 0 saturated heterocycles. The second-order valence-corrected chi connectivity index (χ2v) is 8.61. The van der Waals surface area contributed by atoms with Crippen LogP contribution in [0.4, 0.5) is 0 Å². The zero-order chi connectivity index (χ0) is 19.3. The van der Waals surface area contributed by atoms with Crippen LogP contribution in [-0.4, -0.2) is 45.7 Å². The zero-order valence-electron chi connectivity index (χ0n) is 15.2. The van der Waals surface area contributed by atoms with E-state index in [0.717, 1.165) is 25.7 Å². The minimum Gasteiger partial charge on any atom is -0.356 e. The van der Waals surface area contributed by atoms with Gasteiger partial charge in [0.05, 0.1) is 5.16 Å². The van der Waals surface area contributed by atoms with Gasteiger partial charge in [0.25, 0.3) is 0 Å². The van der Waals surface area contributed by atoms with Crippen LogP contribution in [0.5, 0.6) is 0 Å². The van der Waals surface area contributed by atoms with E-state index in [1.807, 2.05) is 13.8 Å². The van der Waals surface area contributed by atoms with Crippen LogP contribution in [0.25, 0.3) is 0 Å². The smallest absolute Gasteiger partial charge is 0.332 e. The van der Waals surface area contributed by atoms with Crippen molar-refractivity contribution < 1.29 is 23.9 Å². The highest BCUT2D eigenvalue weighted by atomic mass is 35.5. The molecule has 0 unspecified atom stereocenters. The zero-order valence-corrected chi connectivity index (χ0v) is 16.9. The molecule has 0 aliphatic heterocycles. The van der Waals surface area contributed by atoms with Gasteiger partial charge in [0.1, 0.15) is 0 Å². The molecule has 0 fully saturated rings. The van der Waals surface area contributed by atoms with Gasteiger partial charge in [0.15, 0.2) is 0 Å². The lowest BCUT2D eigenvalue weighted by Crippen LogP contribution is -2.36. The van der Waals surface area contributed by atoms with E-state index in [9.17, 15) is 23.9 Å². The number of nitrogens with one attached hydrogen (secondary N) is 2. The van der Waals surface area contributed by atoms with Crippen molar-refractivity contribution in [3.63, 3.8) is 0 Å². The number of halogens is 1. The van der Waals surface area contributed by atoms with Crippen LogP contribution >= 0.6 is 19.2 Å². The molecule has 0 aromatic carbocycles. The Morgan fingerprint density at radius 1 is 0.960 bits per heavy atom. The lowest BCUT2D eigenvalue weighted by molar-refractivity contribution is -0.121. The van der Waals surface area contributed by atoms with E-state index in [0.29, 0.717) is 13.1 Å². The van der Waals surface area contributed by atoms with Crippen LogP contribution in [0.2, 0.25) is 0 Å². The highest BCUT2D eigenvalue weighted by Gasteiger charge is 2.46. The molecule has 0 aromatic rings. The van der Waals surface area contributed by atoms with Gasteiger partial charge in [-0.1, -0.05) is 26.7 Å². The number of carbonyl (C=O) groups excluding carboxylic acids is 2. The largest absolute Gasteiger partial charge is 0.356 e. The van der Waals surface area contributed by atoms with Crippen molar-refractivity contribution in [2.24, 2.45) is 0 Å². The third-order valence-electron chi connectivity index (χ3n) is 4.21. The van der Waals surface area contributed by atoms with E-state index >= 15 is 0 Å². The van der Waals surface area contributed by atoms with Crippen molar-refractivity contribution in [1.29, 1.82) is 0 Å². The molecule has 0 bridgehead atoms. The summed E-state index contributed by atoms with van der Waals surface area (Å²) in [5.41, 5.74) is 0. The summed E-state index contributed by atoms with van der Waals surface area (Å²) in [7, 11) is -4.57. The molecule has 0 atom stereocenters. The summed E-state index contributed by atoms with van der Waals surface area (Å²) in [6.07, 6.45) is 3.43. The van der Waals surface area contributed by atoms with Crippen molar-refractivity contribution >= 4 is 31.0 Å². The molecule has 0 rings (SSSR count). The maximum atomic E-state index is 12.0. The minimum absolute atomic E-state index is 0.0288. The average molecular weight is 399 g/mol. The molecule has 148 valence electrons. The maximum absolute atomic E-state index is 12.0. The molecule has 0 spiro atoms. The summed E-state index contributed by atoms with van der Waals surface area (Å²) >= 11 is 5.87. The first-order valence-corrected chi connectivity index (χ1v) is 11.0. The molecular formula is C16H32ClN2O5P. The molecular weight excluding hydrogens is 367 g/mol. The number of hydrogen-bond donors (Lipinski definition) is 4. The van der Waals surface area contributed by atoms with Crippen molar-refractivity contribution in [1.82, 2.24) is 10.6 Å². The first-order chi connectivity index (χ1) is 11.7. The molecule has 0 saturated carbocycles. The predicted molar refractivity (Wildman–Crippen MR) is 99.8 cm³/mol. The number of alkyl halides is 1. The summed E-state index contributed by atoms with van der Waals surface area (Å²) in [4.78, 5) is 43.2. The fraction of sp³-hybridized carbons (Fsp3) is 0.875. The van der Waals surface area contributed by atoms with Crippen LogP contribution in [0.15, 0.2) is 0 Å². The Bertz CT molecular complexity index is 430. The normalized spacial score (nSPS) is 12.0. The van der Waals surface area contributed by atoms with Gasteiger partial charge >= 0.3 is 7.60 Å². The van der Waals surface area contributed by atoms with Gasteiger partial charge in [-0.3, -0.25) is 14.2 Å². The number of amides is 2. The van der Waals surface area contributed by atoms with E-state index in [4.69, 9.17) is 11.6 Å². The molecule has 4 N–H and O–H groups in total. The Kier molecular flexibility index (Phi) is 12.4. The highest BCUT2D eigenvalue weighted by Crippen LogP contribution is 2.56. The van der Waals surface area contributed by atoms with Crippen LogP contribution in [0, 0.1) is 0 Å². The topological polar surface area (TPSA) is 116 Å². The molecule has 0 aliphatic carbocycles. The van der Waals surface area contributed by atoms with Crippen molar-refractivity contribution in [3.05, 3.63) is 0 Å². The summed E-state index contributed by atoms with van der Waals surface area (Å²) in [6.45, 7) is 5.09. The molecule has 9 heteroatoms. The summed E-state index contributed by atoms with van der Waals surface area (Å²) in [5.74, 6) is -0.825. The van der Waals surface area contributed by atoms with Gasteiger partial charge in [-0.2, -0.15) is 0 Å².